The van der Waals surface area contributed by atoms with Crippen LogP contribution in [0.25, 0.3) is 10.9 Å². The van der Waals surface area contributed by atoms with Crippen LogP contribution in [0.4, 0.5) is 11.5 Å². The Hall–Kier alpha value is -4.29. The molecular formula is C27H31N5O7. The van der Waals surface area contributed by atoms with E-state index in [4.69, 9.17) is 14.6 Å². The molecule has 1 aliphatic rings. The fourth-order valence-electron chi connectivity index (χ4n) is 4.38. The van der Waals surface area contributed by atoms with Crippen molar-refractivity contribution in [1.82, 2.24) is 14.9 Å². The van der Waals surface area contributed by atoms with Gasteiger partial charge in [0.15, 0.2) is 5.76 Å². The number of pyridine rings is 1. The molecule has 2 aromatic heterocycles. The lowest BCUT2D eigenvalue weighted by Gasteiger charge is -2.29. The molecule has 206 valence electrons. The molecule has 12 heteroatoms. The molecule has 0 saturated heterocycles. The predicted octanol–water partition coefficient (Wildman–Crippen LogP) is 3.34. The Labute approximate surface area is 224 Å². The van der Waals surface area contributed by atoms with Crippen molar-refractivity contribution in [3.05, 3.63) is 76.3 Å². The minimum atomic E-state index is -0.679. The third kappa shape index (κ3) is 6.98. The number of nitro groups is 1. The fraction of sp³-hybridized carbons (Fsp3) is 0.370. The van der Waals surface area contributed by atoms with E-state index < -0.39 is 17.1 Å². The Kier molecular flexibility index (Phi) is 9.23. The van der Waals surface area contributed by atoms with Crippen molar-refractivity contribution in [2.75, 3.05) is 31.6 Å². The van der Waals surface area contributed by atoms with Gasteiger partial charge in [0.05, 0.1) is 17.0 Å². The number of aromatic nitrogens is 2. The summed E-state index contributed by atoms with van der Waals surface area (Å²) < 4.78 is 13.4. The van der Waals surface area contributed by atoms with Gasteiger partial charge in [-0.1, -0.05) is 18.2 Å². The molecule has 1 amide bonds. The molecule has 4 rings (SSSR count). The SMILES string of the molecule is CC(=O)n1cc(C2C=C(C(=O)NCCNc3ccc([N+](=O)[O-])cn3)OC(OCCCCO)C2)c2ccccc21. The highest BCUT2D eigenvalue weighted by molar-refractivity contribution is 5.95. The number of anilines is 1. The van der Waals surface area contributed by atoms with Crippen molar-refractivity contribution in [2.24, 2.45) is 0 Å². The molecule has 0 spiro atoms. The number of unbranched alkanes of at least 4 members (excludes halogenated alkanes) is 1. The summed E-state index contributed by atoms with van der Waals surface area (Å²) in [5, 5.41) is 26.5. The highest BCUT2D eigenvalue weighted by Crippen LogP contribution is 2.36. The summed E-state index contributed by atoms with van der Waals surface area (Å²) in [5.41, 5.74) is 1.57. The highest BCUT2D eigenvalue weighted by Gasteiger charge is 2.30. The second kappa shape index (κ2) is 13.0. The van der Waals surface area contributed by atoms with Crippen LogP contribution in [-0.4, -0.2) is 64.0 Å². The first-order chi connectivity index (χ1) is 18.9. The lowest BCUT2D eigenvalue weighted by Crippen LogP contribution is -2.35. The first kappa shape index (κ1) is 27.7. The molecule has 0 radical (unpaired) electrons. The molecular weight excluding hydrogens is 506 g/mol. The summed E-state index contributed by atoms with van der Waals surface area (Å²) >= 11 is 0. The second-order valence-corrected chi connectivity index (χ2v) is 9.05. The second-order valence-electron chi connectivity index (χ2n) is 9.05. The number of aliphatic hydroxyl groups is 1. The number of hydrogen-bond acceptors (Lipinski definition) is 9. The highest BCUT2D eigenvalue weighted by atomic mass is 16.7. The Bertz CT molecular complexity index is 1350. The molecule has 0 bridgehead atoms. The van der Waals surface area contributed by atoms with Gasteiger partial charge in [-0.25, -0.2) is 4.98 Å². The number of para-hydroxylation sites is 1. The molecule has 0 saturated carbocycles. The van der Waals surface area contributed by atoms with Crippen molar-refractivity contribution in [3.63, 3.8) is 0 Å². The lowest BCUT2D eigenvalue weighted by molar-refractivity contribution is -0.385. The van der Waals surface area contributed by atoms with Crippen LogP contribution in [0.5, 0.6) is 0 Å². The average molecular weight is 538 g/mol. The molecule has 12 nitrogen and oxygen atoms in total. The smallest absolute Gasteiger partial charge is 0.287 e. The van der Waals surface area contributed by atoms with Crippen LogP contribution in [0.2, 0.25) is 0 Å². The van der Waals surface area contributed by atoms with Gasteiger partial charge in [0.2, 0.25) is 12.2 Å². The topological polar surface area (TPSA) is 158 Å². The van der Waals surface area contributed by atoms with Crippen molar-refractivity contribution in [1.29, 1.82) is 0 Å². The lowest BCUT2D eigenvalue weighted by atomic mass is 9.92. The van der Waals surface area contributed by atoms with Gasteiger partial charge in [-0.05, 0) is 36.6 Å². The number of carbonyl (C=O) groups is 2. The molecule has 1 aromatic carbocycles. The van der Waals surface area contributed by atoms with Crippen molar-refractivity contribution in [3.8, 4) is 0 Å². The van der Waals surface area contributed by atoms with Gasteiger partial charge >= 0.3 is 0 Å². The summed E-state index contributed by atoms with van der Waals surface area (Å²) in [7, 11) is 0. The van der Waals surface area contributed by atoms with Gasteiger partial charge in [-0.2, -0.15) is 0 Å². The molecule has 3 heterocycles. The molecule has 39 heavy (non-hydrogen) atoms. The standard InChI is InChI=1S/C27H31N5O7/c1-18(34)31-17-22(21-6-2-3-7-23(21)31)19-14-24(39-26(15-19)38-13-5-4-12-33)27(35)29-11-10-28-25-9-8-20(16-30-25)32(36)37/h2-3,6-9,14,16-17,19,26,33H,4-5,10-13,15H2,1H3,(H,28,30)(H,29,35). The quantitative estimate of drug-likeness (QED) is 0.179. The van der Waals surface area contributed by atoms with E-state index in [1.807, 2.05) is 24.3 Å². The molecule has 1 aliphatic heterocycles. The average Bonchev–Trinajstić information content (AvgIpc) is 3.34. The molecule has 3 aromatic rings. The van der Waals surface area contributed by atoms with Crippen LogP contribution in [0.15, 0.2) is 60.6 Å². The Balaban J connectivity index is 1.46. The van der Waals surface area contributed by atoms with Gasteiger partial charge in [0.1, 0.15) is 12.0 Å². The van der Waals surface area contributed by atoms with Gasteiger partial charge < -0.3 is 25.2 Å². The summed E-state index contributed by atoms with van der Waals surface area (Å²) in [5.74, 6) is -0.209. The van der Waals surface area contributed by atoms with E-state index >= 15 is 0 Å². The molecule has 3 N–H and O–H groups in total. The number of ether oxygens (including phenoxy) is 2. The Morgan fingerprint density at radius 1 is 1.23 bits per heavy atom. The van der Waals surface area contributed by atoms with Crippen molar-refractivity contribution >= 4 is 34.2 Å². The maximum Gasteiger partial charge on any atom is 0.287 e. The van der Waals surface area contributed by atoms with E-state index in [9.17, 15) is 19.7 Å². The van der Waals surface area contributed by atoms with Crippen molar-refractivity contribution in [2.45, 2.75) is 38.4 Å². The zero-order valence-corrected chi connectivity index (χ0v) is 21.5. The Morgan fingerprint density at radius 3 is 2.77 bits per heavy atom. The summed E-state index contributed by atoms with van der Waals surface area (Å²) in [6.45, 7) is 2.52. The minimum Gasteiger partial charge on any atom is -0.459 e. The summed E-state index contributed by atoms with van der Waals surface area (Å²) in [4.78, 5) is 39.5. The largest absolute Gasteiger partial charge is 0.459 e. The number of allylic oxidation sites excluding steroid dienone is 1. The number of hydrogen-bond donors (Lipinski definition) is 3. The third-order valence-corrected chi connectivity index (χ3v) is 6.29. The zero-order valence-electron chi connectivity index (χ0n) is 21.5. The molecule has 0 aliphatic carbocycles. The van der Waals surface area contributed by atoms with E-state index in [1.165, 1.54) is 19.1 Å². The number of benzene rings is 1. The number of nitrogens with one attached hydrogen (secondary N) is 2. The fourth-order valence-corrected chi connectivity index (χ4v) is 4.38. The number of nitrogens with zero attached hydrogens (tertiary/aromatic N) is 3. The maximum atomic E-state index is 13.0. The monoisotopic (exact) mass is 537 g/mol. The van der Waals surface area contributed by atoms with E-state index in [0.29, 0.717) is 38.2 Å². The number of carbonyl (C=O) groups excluding carboxylic acids is 2. The van der Waals surface area contributed by atoms with Gasteiger partial charge in [-0.15, -0.1) is 0 Å². The number of fused-ring (bicyclic) bond motifs is 1. The number of amides is 1. The van der Waals surface area contributed by atoms with E-state index in [-0.39, 0.29) is 36.4 Å². The summed E-state index contributed by atoms with van der Waals surface area (Å²) in [6, 6.07) is 10.4. The van der Waals surface area contributed by atoms with Gasteiger partial charge in [0.25, 0.3) is 11.6 Å². The zero-order chi connectivity index (χ0) is 27.8. The van der Waals surface area contributed by atoms with Crippen LogP contribution in [0.3, 0.4) is 0 Å². The molecule has 0 fully saturated rings. The van der Waals surface area contributed by atoms with Gasteiger partial charge in [-0.3, -0.25) is 24.3 Å². The van der Waals surface area contributed by atoms with E-state index in [2.05, 4.69) is 15.6 Å². The van der Waals surface area contributed by atoms with Crippen LogP contribution in [0, 0.1) is 10.1 Å². The van der Waals surface area contributed by atoms with Crippen molar-refractivity contribution < 1.29 is 29.1 Å². The van der Waals surface area contributed by atoms with Gasteiger partial charge in [0, 0.05) is 56.6 Å². The minimum absolute atomic E-state index is 0.0685. The number of aliphatic hydroxyl groups excluding tert-OH is 1. The van der Waals surface area contributed by atoms with E-state index in [0.717, 1.165) is 22.7 Å². The maximum absolute atomic E-state index is 13.0. The Morgan fingerprint density at radius 2 is 2.05 bits per heavy atom. The van der Waals surface area contributed by atoms with Crippen LogP contribution in [-0.2, 0) is 14.3 Å². The van der Waals surface area contributed by atoms with E-state index in [1.54, 1.807) is 16.8 Å². The normalized spacial score (nSPS) is 16.8. The van der Waals surface area contributed by atoms with Crippen LogP contribution < -0.4 is 10.6 Å². The first-order valence-electron chi connectivity index (χ1n) is 12.7. The predicted molar refractivity (Wildman–Crippen MR) is 143 cm³/mol. The summed E-state index contributed by atoms with van der Waals surface area (Å²) in [6.07, 6.45) is 5.74. The molecule has 2 unspecified atom stereocenters. The molecule has 2 atom stereocenters. The first-order valence-corrected chi connectivity index (χ1v) is 12.7. The van der Waals surface area contributed by atoms with Crippen LogP contribution in [0.1, 0.15) is 42.5 Å². The third-order valence-electron chi connectivity index (χ3n) is 6.29. The van der Waals surface area contributed by atoms with Crippen LogP contribution >= 0.6 is 0 Å². The number of rotatable bonds is 12.